The monoisotopic (exact) mass is 343 g/mol. The fourth-order valence-electron chi connectivity index (χ4n) is 2.19. The molecular weight excluding hydrogens is 318 g/mol. The van der Waals surface area contributed by atoms with E-state index in [9.17, 15) is 9.90 Å². The normalized spacial score (nSPS) is 12.5. The first-order valence-electron chi connectivity index (χ1n) is 7.73. The number of aliphatic carboxylic acids is 1. The predicted octanol–water partition coefficient (Wildman–Crippen LogP) is 3.72. The lowest BCUT2D eigenvalue weighted by Crippen LogP contribution is -2.37. The highest BCUT2D eigenvalue weighted by molar-refractivity contribution is 6.31. The number of methoxy groups -OCH3 is 1. The largest absolute Gasteiger partial charge is 0.493 e. The van der Waals surface area contributed by atoms with Gasteiger partial charge in [0.15, 0.2) is 11.5 Å². The van der Waals surface area contributed by atoms with E-state index in [4.69, 9.17) is 21.1 Å². The first-order chi connectivity index (χ1) is 10.7. The van der Waals surface area contributed by atoms with Gasteiger partial charge in [0, 0.05) is 17.6 Å². The van der Waals surface area contributed by atoms with Gasteiger partial charge in [0.2, 0.25) is 0 Å². The number of benzene rings is 1. The molecule has 0 saturated carbocycles. The van der Waals surface area contributed by atoms with Crippen LogP contribution in [0.25, 0.3) is 0 Å². The lowest BCUT2D eigenvalue weighted by atomic mass is 10.0. The summed E-state index contributed by atoms with van der Waals surface area (Å²) in [7, 11) is 1.56. The molecule has 1 rings (SSSR count). The van der Waals surface area contributed by atoms with E-state index in [0.717, 1.165) is 5.56 Å². The molecule has 0 bridgehead atoms. The highest BCUT2D eigenvalue weighted by Crippen LogP contribution is 2.34. The molecule has 0 saturated heterocycles. The Labute approximate surface area is 142 Å². The molecule has 2 N–H and O–H groups in total. The van der Waals surface area contributed by atoms with Crippen LogP contribution in [0.2, 0.25) is 5.02 Å². The molecule has 0 radical (unpaired) electrons. The topological polar surface area (TPSA) is 67.8 Å². The highest BCUT2D eigenvalue weighted by Gasteiger charge is 2.19. The molecule has 0 amide bonds. The second-order valence-electron chi connectivity index (χ2n) is 6.16. The van der Waals surface area contributed by atoms with Crippen molar-refractivity contribution in [3.8, 4) is 11.5 Å². The van der Waals surface area contributed by atoms with Gasteiger partial charge in [-0.05, 0) is 37.8 Å². The van der Waals surface area contributed by atoms with E-state index >= 15 is 0 Å². The molecular formula is C17H26ClNO4. The molecule has 0 heterocycles. The van der Waals surface area contributed by atoms with Crippen LogP contribution >= 0.6 is 11.6 Å². The Bertz CT molecular complexity index is 532. The summed E-state index contributed by atoms with van der Waals surface area (Å²) in [6, 6.07) is 2.88. The third kappa shape index (κ3) is 6.28. The maximum Gasteiger partial charge on any atom is 0.320 e. The minimum atomic E-state index is -0.860. The van der Waals surface area contributed by atoms with E-state index in [1.165, 1.54) is 0 Å². The van der Waals surface area contributed by atoms with Crippen molar-refractivity contribution in [3.05, 3.63) is 22.7 Å². The molecule has 0 fully saturated rings. The van der Waals surface area contributed by atoms with E-state index in [1.54, 1.807) is 19.2 Å². The average Bonchev–Trinajstić information content (AvgIpc) is 2.43. The van der Waals surface area contributed by atoms with Gasteiger partial charge in [-0.2, -0.15) is 0 Å². The number of hydrogen-bond donors (Lipinski definition) is 2. The Morgan fingerprint density at radius 2 is 1.91 bits per heavy atom. The summed E-state index contributed by atoms with van der Waals surface area (Å²) >= 11 is 6.29. The molecule has 5 nitrogen and oxygen atoms in total. The van der Waals surface area contributed by atoms with Crippen molar-refractivity contribution in [2.24, 2.45) is 5.92 Å². The molecule has 0 aliphatic rings. The second kappa shape index (κ2) is 8.99. The van der Waals surface area contributed by atoms with E-state index < -0.39 is 12.0 Å². The van der Waals surface area contributed by atoms with Crippen LogP contribution in [0, 0.1) is 5.92 Å². The van der Waals surface area contributed by atoms with Crippen LogP contribution in [-0.2, 0) is 11.3 Å². The van der Waals surface area contributed by atoms with E-state index in [0.29, 0.717) is 29.5 Å². The van der Waals surface area contributed by atoms with Gasteiger partial charge in [-0.1, -0.05) is 25.4 Å². The van der Waals surface area contributed by atoms with Gasteiger partial charge in [-0.15, -0.1) is 0 Å². The van der Waals surface area contributed by atoms with Crippen LogP contribution in [-0.4, -0.2) is 30.3 Å². The Kier molecular flexibility index (Phi) is 7.65. The molecule has 23 heavy (non-hydrogen) atoms. The molecule has 1 aromatic carbocycles. The van der Waals surface area contributed by atoms with Gasteiger partial charge in [0.25, 0.3) is 0 Å². The maximum atomic E-state index is 11.3. The van der Waals surface area contributed by atoms with Gasteiger partial charge < -0.3 is 19.9 Å². The molecule has 0 spiro atoms. The van der Waals surface area contributed by atoms with E-state index in [2.05, 4.69) is 5.32 Å². The second-order valence-corrected chi connectivity index (χ2v) is 6.57. The zero-order valence-corrected chi connectivity index (χ0v) is 15.1. The summed E-state index contributed by atoms with van der Waals surface area (Å²) in [5.74, 6) is 0.584. The van der Waals surface area contributed by atoms with Crippen molar-refractivity contribution >= 4 is 17.6 Å². The molecule has 1 unspecified atom stereocenters. The number of nitrogens with one attached hydrogen (secondary N) is 1. The smallest absolute Gasteiger partial charge is 0.320 e. The number of rotatable bonds is 9. The van der Waals surface area contributed by atoms with Gasteiger partial charge in [-0.25, -0.2) is 0 Å². The number of carboxylic acid groups (broad SMARTS) is 1. The zero-order valence-electron chi connectivity index (χ0n) is 14.4. The van der Waals surface area contributed by atoms with Crippen molar-refractivity contribution in [1.82, 2.24) is 5.32 Å². The third-order valence-corrected chi connectivity index (χ3v) is 3.59. The van der Waals surface area contributed by atoms with Crippen LogP contribution in [0.3, 0.4) is 0 Å². The van der Waals surface area contributed by atoms with E-state index in [1.807, 2.05) is 27.7 Å². The van der Waals surface area contributed by atoms with Crippen LogP contribution in [0.5, 0.6) is 11.5 Å². The lowest BCUT2D eigenvalue weighted by molar-refractivity contribution is -0.140. The number of halogens is 1. The Hall–Kier alpha value is -1.46. The van der Waals surface area contributed by atoms with Gasteiger partial charge in [-0.3, -0.25) is 4.79 Å². The minimum absolute atomic E-state index is 0.00590. The number of carboxylic acids is 1. The predicted molar refractivity (Wildman–Crippen MR) is 91.5 cm³/mol. The number of carbonyl (C=O) groups is 1. The minimum Gasteiger partial charge on any atom is -0.493 e. The van der Waals surface area contributed by atoms with E-state index in [-0.39, 0.29) is 12.0 Å². The molecule has 130 valence electrons. The number of ether oxygens (including phenoxy) is 2. The molecule has 0 aliphatic heterocycles. The van der Waals surface area contributed by atoms with Crippen LogP contribution < -0.4 is 14.8 Å². The summed E-state index contributed by atoms with van der Waals surface area (Å²) in [4.78, 5) is 11.3. The average molecular weight is 344 g/mol. The summed E-state index contributed by atoms with van der Waals surface area (Å²) in [6.45, 7) is 8.18. The summed E-state index contributed by atoms with van der Waals surface area (Å²) < 4.78 is 11.0. The van der Waals surface area contributed by atoms with Gasteiger partial charge >= 0.3 is 5.97 Å². The third-order valence-electron chi connectivity index (χ3n) is 3.24. The van der Waals surface area contributed by atoms with Crippen molar-refractivity contribution in [3.63, 3.8) is 0 Å². The highest BCUT2D eigenvalue weighted by atomic mass is 35.5. The fraction of sp³-hybridized carbons (Fsp3) is 0.588. The molecule has 6 heteroatoms. The molecule has 0 aromatic heterocycles. The standard InChI is InChI=1S/C17H26ClNO4/c1-10(2)6-14(17(20)21)19-9-12-7-15(22-5)16(8-13(12)18)23-11(3)4/h7-8,10-11,14,19H,6,9H2,1-5H3,(H,20,21). The lowest BCUT2D eigenvalue weighted by Gasteiger charge is -2.19. The SMILES string of the molecule is COc1cc(CNC(CC(C)C)C(=O)O)c(Cl)cc1OC(C)C. The van der Waals surface area contributed by atoms with Crippen LogP contribution in [0.1, 0.15) is 39.7 Å². The first-order valence-corrected chi connectivity index (χ1v) is 8.11. The molecule has 1 aromatic rings. The summed E-state index contributed by atoms with van der Waals surface area (Å²) in [5.41, 5.74) is 0.773. The number of hydrogen-bond acceptors (Lipinski definition) is 4. The van der Waals surface area contributed by atoms with Gasteiger partial charge in [0.1, 0.15) is 6.04 Å². The maximum absolute atomic E-state index is 11.3. The summed E-state index contributed by atoms with van der Waals surface area (Å²) in [5, 5.41) is 12.8. The Morgan fingerprint density at radius 1 is 1.26 bits per heavy atom. The fourth-order valence-corrected chi connectivity index (χ4v) is 2.41. The summed E-state index contributed by atoms with van der Waals surface area (Å²) in [6.07, 6.45) is 0.560. The van der Waals surface area contributed by atoms with Crippen molar-refractivity contribution in [2.75, 3.05) is 7.11 Å². The Morgan fingerprint density at radius 3 is 2.39 bits per heavy atom. The van der Waals surface area contributed by atoms with Crippen molar-refractivity contribution in [2.45, 2.75) is 52.8 Å². The molecule has 1 atom stereocenters. The van der Waals surface area contributed by atoms with Crippen molar-refractivity contribution in [1.29, 1.82) is 0 Å². The molecule has 0 aliphatic carbocycles. The first kappa shape index (κ1) is 19.6. The van der Waals surface area contributed by atoms with Crippen molar-refractivity contribution < 1.29 is 19.4 Å². The van der Waals surface area contributed by atoms with Gasteiger partial charge in [0.05, 0.1) is 13.2 Å². The quantitative estimate of drug-likeness (QED) is 0.715. The zero-order chi connectivity index (χ0) is 17.6. The van der Waals surface area contributed by atoms with Crippen LogP contribution in [0.15, 0.2) is 12.1 Å². The Balaban J connectivity index is 2.89. The van der Waals surface area contributed by atoms with Crippen LogP contribution in [0.4, 0.5) is 0 Å².